The summed E-state index contributed by atoms with van der Waals surface area (Å²) in [6, 6.07) is 1.67. The zero-order valence-corrected chi connectivity index (χ0v) is 10.6. The van der Waals surface area contributed by atoms with Gasteiger partial charge in [0.25, 0.3) is 0 Å². The molecule has 0 aliphatic rings. The number of nitrogens with zero attached hydrogens (tertiary/aromatic N) is 2. The van der Waals surface area contributed by atoms with Crippen LogP contribution in [0, 0.1) is 5.82 Å². The number of carbonyl (C=O) groups is 1. The molecule has 1 N–H and O–H groups in total. The zero-order valence-electron chi connectivity index (χ0n) is 9.74. The van der Waals surface area contributed by atoms with E-state index < -0.39 is 27.2 Å². The molecule has 0 radical (unpaired) electrons. The van der Waals surface area contributed by atoms with Crippen molar-refractivity contribution in [3.05, 3.63) is 42.2 Å². The Morgan fingerprint density at radius 1 is 1.42 bits per heavy atom. The molecule has 1 aromatic heterocycles. The van der Waals surface area contributed by atoms with Crippen LogP contribution in [0.15, 0.2) is 35.7 Å². The van der Waals surface area contributed by atoms with E-state index in [0.29, 0.717) is 0 Å². The average Bonchev–Trinajstić information content (AvgIpc) is 2.79. The van der Waals surface area contributed by atoms with Crippen molar-refractivity contribution in [3.8, 4) is 5.69 Å². The first kappa shape index (κ1) is 13.2. The molecular weight excluding hydrogens is 275 g/mol. The molecule has 19 heavy (non-hydrogen) atoms. The first-order valence-corrected chi connectivity index (χ1v) is 6.95. The monoisotopic (exact) mass is 284 g/mol. The van der Waals surface area contributed by atoms with Crippen LogP contribution in [0.5, 0.6) is 0 Å². The molecule has 0 spiro atoms. The predicted octanol–water partition coefficient (Wildman–Crippen LogP) is 1.11. The Labute approximate surface area is 108 Å². The number of hydrogen-bond donors (Lipinski definition) is 1. The van der Waals surface area contributed by atoms with Gasteiger partial charge in [-0.05, 0) is 6.07 Å². The van der Waals surface area contributed by atoms with Crippen LogP contribution in [0.1, 0.15) is 10.4 Å². The second-order valence-corrected chi connectivity index (χ2v) is 5.83. The Balaban J connectivity index is 2.81. The molecule has 0 aliphatic heterocycles. The van der Waals surface area contributed by atoms with Crippen LogP contribution in [-0.2, 0) is 9.84 Å². The highest BCUT2D eigenvalue weighted by Gasteiger charge is 2.21. The molecule has 0 bridgehead atoms. The number of aromatic carboxylic acids is 1. The van der Waals surface area contributed by atoms with Crippen molar-refractivity contribution in [2.75, 3.05) is 6.26 Å². The molecule has 100 valence electrons. The van der Waals surface area contributed by atoms with Gasteiger partial charge in [-0.25, -0.2) is 22.6 Å². The number of rotatable bonds is 3. The third-order valence-electron chi connectivity index (χ3n) is 2.46. The average molecular weight is 284 g/mol. The van der Waals surface area contributed by atoms with Crippen molar-refractivity contribution < 1.29 is 22.7 Å². The van der Waals surface area contributed by atoms with Gasteiger partial charge in [-0.3, -0.25) is 0 Å². The van der Waals surface area contributed by atoms with Crippen LogP contribution in [-0.4, -0.2) is 35.3 Å². The molecular formula is C11H9FN2O4S. The maximum atomic E-state index is 13.7. The lowest BCUT2D eigenvalue weighted by Gasteiger charge is -2.10. The normalized spacial score (nSPS) is 11.5. The molecule has 6 nitrogen and oxygen atoms in total. The SMILES string of the molecule is CS(=O)(=O)c1cc(C(=O)O)c(F)cc1-n1ccnc1. The molecule has 0 atom stereocenters. The van der Waals surface area contributed by atoms with Crippen LogP contribution in [0.4, 0.5) is 4.39 Å². The van der Waals surface area contributed by atoms with Gasteiger partial charge in [-0.15, -0.1) is 0 Å². The number of benzene rings is 1. The summed E-state index contributed by atoms with van der Waals surface area (Å²) in [5.74, 6) is -2.54. The van der Waals surface area contributed by atoms with Crippen molar-refractivity contribution in [2.24, 2.45) is 0 Å². The van der Waals surface area contributed by atoms with Gasteiger partial charge in [0.1, 0.15) is 5.82 Å². The number of carboxylic acids is 1. The molecule has 2 rings (SSSR count). The summed E-state index contributed by atoms with van der Waals surface area (Å²) in [7, 11) is -3.71. The van der Waals surface area contributed by atoms with Gasteiger partial charge in [-0.1, -0.05) is 0 Å². The highest BCUT2D eigenvalue weighted by atomic mass is 32.2. The quantitative estimate of drug-likeness (QED) is 0.853. The van der Waals surface area contributed by atoms with E-state index in [2.05, 4.69) is 4.98 Å². The predicted molar refractivity (Wildman–Crippen MR) is 63.6 cm³/mol. The lowest BCUT2D eigenvalue weighted by Crippen LogP contribution is -2.09. The summed E-state index contributed by atoms with van der Waals surface area (Å²) in [4.78, 5) is 14.3. The van der Waals surface area contributed by atoms with Gasteiger partial charge >= 0.3 is 5.97 Å². The Hall–Kier alpha value is -2.22. The molecule has 0 fully saturated rings. The number of sulfone groups is 1. The molecule has 1 aromatic carbocycles. The summed E-state index contributed by atoms with van der Waals surface area (Å²) in [6.07, 6.45) is 5.05. The fourth-order valence-corrected chi connectivity index (χ4v) is 2.48. The van der Waals surface area contributed by atoms with Gasteiger partial charge in [0.05, 0.1) is 22.5 Å². The number of halogens is 1. The first-order chi connectivity index (χ1) is 8.80. The van der Waals surface area contributed by atoms with E-state index in [0.717, 1.165) is 18.4 Å². The van der Waals surface area contributed by atoms with E-state index in [9.17, 15) is 17.6 Å². The van der Waals surface area contributed by atoms with Crippen LogP contribution in [0.3, 0.4) is 0 Å². The van der Waals surface area contributed by atoms with E-state index in [4.69, 9.17) is 5.11 Å². The third-order valence-corrected chi connectivity index (χ3v) is 3.59. The Bertz CT molecular complexity index is 738. The summed E-state index contributed by atoms with van der Waals surface area (Å²) in [5.41, 5.74) is -0.674. The molecule has 2 aromatic rings. The summed E-state index contributed by atoms with van der Waals surface area (Å²) in [6.45, 7) is 0. The topological polar surface area (TPSA) is 89.3 Å². The van der Waals surface area contributed by atoms with E-state index in [1.54, 1.807) is 0 Å². The van der Waals surface area contributed by atoms with Gasteiger partial charge < -0.3 is 9.67 Å². The summed E-state index contributed by atoms with van der Waals surface area (Å²) >= 11 is 0. The number of imidazole rings is 1. The second-order valence-electron chi connectivity index (χ2n) is 3.85. The van der Waals surface area contributed by atoms with Crippen LogP contribution < -0.4 is 0 Å². The van der Waals surface area contributed by atoms with Gasteiger partial charge in [0.2, 0.25) is 0 Å². The minimum absolute atomic E-state index is 0.0162. The number of aromatic nitrogens is 2. The second kappa shape index (κ2) is 4.47. The van der Waals surface area contributed by atoms with E-state index in [-0.39, 0.29) is 10.6 Å². The third kappa shape index (κ3) is 2.48. The molecule has 0 saturated heterocycles. The highest BCUT2D eigenvalue weighted by molar-refractivity contribution is 7.90. The smallest absolute Gasteiger partial charge is 0.338 e. The molecule has 0 amide bonds. The lowest BCUT2D eigenvalue weighted by atomic mass is 10.2. The molecule has 1 heterocycles. The van der Waals surface area contributed by atoms with Crippen molar-refractivity contribution in [3.63, 3.8) is 0 Å². The minimum Gasteiger partial charge on any atom is -0.478 e. The van der Waals surface area contributed by atoms with Crippen LogP contribution in [0.25, 0.3) is 5.69 Å². The summed E-state index contributed by atoms with van der Waals surface area (Å²) < 4.78 is 38.3. The van der Waals surface area contributed by atoms with Crippen molar-refractivity contribution in [2.45, 2.75) is 4.90 Å². The zero-order chi connectivity index (χ0) is 14.2. The maximum Gasteiger partial charge on any atom is 0.338 e. The lowest BCUT2D eigenvalue weighted by molar-refractivity contribution is 0.0691. The Kier molecular flexibility index (Phi) is 3.11. The fraction of sp³-hybridized carbons (Fsp3) is 0.0909. The Morgan fingerprint density at radius 2 is 2.11 bits per heavy atom. The van der Waals surface area contributed by atoms with E-state index in [1.165, 1.54) is 23.3 Å². The van der Waals surface area contributed by atoms with E-state index >= 15 is 0 Å². The first-order valence-electron chi connectivity index (χ1n) is 5.06. The highest BCUT2D eigenvalue weighted by Crippen LogP contribution is 2.24. The van der Waals surface area contributed by atoms with Gasteiger partial charge in [0, 0.05) is 24.7 Å². The van der Waals surface area contributed by atoms with Crippen LogP contribution in [0.2, 0.25) is 0 Å². The van der Waals surface area contributed by atoms with Crippen molar-refractivity contribution in [1.82, 2.24) is 9.55 Å². The largest absolute Gasteiger partial charge is 0.478 e. The van der Waals surface area contributed by atoms with Crippen molar-refractivity contribution >= 4 is 15.8 Å². The molecule has 0 unspecified atom stereocenters. The molecule has 0 saturated carbocycles. The molecule has 0 aliphatic carbocycles. The Morgan fingerprint density at radius 3 is 2.58 bits per heavy atom. The van der Waals surface area contributed by atoms with Gasteiger partial charge in [-0.2, -0.15) is 0 Å². The standard InChI is InChI=1S/C11H9FN2O4S/c1-19(17,18)10-4-7(11(15)16)8(12)5-9(10)14-3-2-13-6-14/h2-6H,1H3,(H,15,16). The van der Waals surface area contributed by atoms with Crippen LogP contribution >= 0.6 is 0 Å². The van der Waals surface area contributed by atoms with E-state index in [1.807, 2.05) is 0 Å². The summed E-state index contributed by atoms with van der Waals surface area (Å²) in [5, 5.41) is 8.82. The fourth-order valence-electron chi connectivity index (χ4n) is 1.61. The molecule has 8 heteroatoms. The number of hydrogen-bond acceptors (Lipinski definition) is 4. The minimum atomic E-state index is -3.71. The maximum absolute atomic E-state index is 13.7. The van der Waals surface area contributed by atoms with Gasteiger partial charge in [0.15, 0.2) is 9.84 Å². The van der Waals surface area contributed by atoms with Crippen molar-refractivity contribution in [1.29, 1.82) is 0 Å². The number of carboxylic acid groups (broad SMARTS) is 1.